The summed E-state index contributed by atoms with van der Waals surface area (Å²) in [5.41, 5.74) is 0.444. The van der Waals surface area contributed by atoms with E-state index >= 15 is 0 Å². The summed E-state index contributed by atoms with van der Waals surface area (Å²) in [5.74, 6) is -0.211. The Morgan fingerprint density at radius 3 is 2.50 bits per heavy atom. The van der Waals surface area contributed by atoms with Crippen molar-refractivity contribution in [3.8, 4) is 0 Å². The average molecular weight is 338 g/mol. The standard InChI is InChI=1S/C15H18N2O3S2/c1-2-16-15(18)12-5-7-14(8-6-12)22(19,20)17-10-9-13-4-3-11-21-13/h3-8,11,17H,2,9-10H2,1H3,(H,16,18). The van der Waals surface area contributed by atoms with Crippen LogP contribution in [-0.2, 0) is 16.4 Å². The molecule has 2 aromatic rings. The van der Waals surface area contributed by atoms with Crippen molar-refractivity contribution in [2.75, 3.05) is 13.1 Å². The minimum Gasteiger partial charge on any atom is -0.352 e. The van der Waals surface area contributed by atoms with Gasteiger partial charge >= 0.3 is 0 Å². The molecule has 0 bridgehead atoms. The van der Waals surface area contributed by atoms with E-state index < -0.39 is 10.0 Å². The van der Waals surface area contributed by atoms with Crippen LogP contribution in [0.3, 0.4) is 0 Å². The molecule has 1 aromatic carbocycles. The Kier molecular flexibility index (Phi) is 5.70. The molecule has 0 spiro atoms. The Bertz CT molecular complexity index is 708. The summed E-state index contributed by atoms with van der Waals surface area (Å²) in [5, 5.41) is 4.63. The largest absolute Gasteiger partial charge is 0.352 e. The predicted molar refractivity (Wildman–Crippen MR) is 87.7 cm³/mol. The van der Waals surface area contributed by atoms with Crippen LogP contribution in [0.4, 0.5) is 0 Å². The molecule has 1 heterocycles. The third-order valence-corrected chi connectivity index (χ3v) is 5.42. The van der Waals surface area contributed by atoms with Gasteiger partial charge in [0.25, 0.3) is 5.91 Å². The summed E-state index contributed by atoms with van der Waals surface area (Å²) in [7, 11) is -3.55. The van der Waals surface area contributed by atoms with Crippen LogP contribution in [0.1, 0.15) is 22.2 Å². The van der Waals surface area contributed by atoms with Gasteiger partial charge in [-0.25, -0.2) is 13.1 Å². The summed E-state index contributed by atoms with van der Waals surface area (Å²) in [6.45, 7) is 2.71. The lowest BCUT2D eigenvalue weighted by atomic mass is 10.2. The van der Waals surface area contributed by atoms with E-state index in [1.54, 1.807) is 11.3 Å². The van der Waals surface area contributed by atoms with Crippen molar-refractivity contribution in [1.82, 2.24) is 10.0 Å². The normalized spacial score (nSPS) is 11.3. The zero-order valence-corrected chi connectivity index (χ0v) is 13.8. The van der Waals surface area contributed by atoms with Gasteiger partial charge in [0, 0.05) is 23.5 Å². The summed E-state index contributed by atoms with van der Waals surface area (Å²) < 4.78 is 26.9. The van der Waals surface area contributed by atoms with Crippen molar-refractivity contribution in [1.29, 1.82) is 0 Å². The molecule has 0 atom stereocenters. The summed E-state index contributed by atoms with van der Waals surface area (Å²) in [6.07, 6.45) is 0.661. The van der Waals surface area contributed by atoms with Gasteiger partial charge in [-0.05, 0) is 49.1 Å². The third-order valence-electron chi connectivity index (χ3n) is 3.01. The number of hydrogen-bond acceptors (Lipinski definition) is 4. The van der Waals surface area contributed by atoms with E-state index in [4.69, 9.17) is 0 Å². The second-order valence-electron chi connectivity index (χ2n) is 4.61. The lowest BCUT2D eigenvalue weighted by Crippen LogP contribution is -2.26. The van der Waals surface area contributed by atoms with Gasteiger partial charge in [0.1, 0.15) is 0 Å². The molecular formula is C15H18N2O3S2. The summed E-state index contributed by atoms with van der Waals surface area (Å²) >= 11 is 1.60. The number of hydrogen-bond donors (Lipinski definition) is 2. The number of amides is 1. The van der Waals surface area contributed by atoms with E-state index in [9.17, 15) is 13.2 Å². The Labute approximate surface area is 134 Å². The first-order chi connectivity index (χ1) is 10.5. The van der Waals surface area contributed by atoms with Gasteiger partial charge in [-0.1, -0.05) is 6.07 Å². The van der Waals surface area contributed by atoms with Gasteiger partial charge in [0.15, 0.2) is 0 Å². The highest BCUT2D eigenvalue weighted by atomic mass is 32.2. The van der Waals surface area contributed by atoms with Crippen molar-refractivity contribution in [3.05, 3.63) is 52.2 Å². The molecule has 1 aromatic heterocycles. The SMILES string of the molecule is CCNC(=O)c1ccc(S(=O)(=O)NCCc2cccs2)cc1. The second kappa shape index (κ2) is 7.53. The first-order valence-electron chi connectivity index (χ1n) is 6.93. The molecule has 0 aliphatic carbocycles. The van der Waals surface area contributed by atoms with Gasteiger partial charge in [0.2, 0.25) is 10.0 Å². The molecule has 0 saturated heterocycles. The molecule has 1 amide bonds. The van der Waals surface area contributed by atoms with Gasteiger partial charge in [-0.15, -0.1) is 11.3 Å². The van der Waals surface area contributed by atoms with Crippen LogP contribution in [0.15, 0.2) is 46.7 Å². The highest BCUT2D eigenvalue weighted by molar-refractivity contribution is 7.89. The molecule has 118 valence electrons. The van der Waals surface area contributed by atoms with Gasteiger partial charge < -0.3 is 5.32 Å². The van der Waals surface area contributed by atoms with Crippen LogP contribution in [0, 0.1) is 0 Å². The minimum atomic E-state index is -3.55. The van der Waals surface area contributed by atoms with Crippen LogP contribution in [0.2, 0.25) is 0 Å². The maximum Gasteiger partial charge on any atom is 0.251 e. The summed E-state index contributed by atoms with van der Waals surface area (Å²) in [4.78, 5) is 12.9. The Hall–Kier alpha value is -1.70. The molecule has 0 aliphatic heterocycles. The Balaban J connectivity index is 1.98. The minimum absolute atomic E-state index is 0.159. The van der Waals surface area contributed by atoms with Crippen LogP contribution in [-0.4, -0.2) is 27.4 Å². The first kappa shape index (κ1) is 16.7. The zero-order valence-electron chi connectivity index (χ0n) is 12.2. The van der Waals surface area contributed by atoms with Crippen LogP contribution >= 0.6 is 11.3 Å². The van der Waals surface area contributed by atoms with E-state index in [1.165, 1.54) is 24.3 Å². The zero-order chi connectivity index (χ0) is 16.0. The average Bonchev–Trinajstić information content (AvgIpc) is 3.01. The molecule has 5 nitrogen and oxygen atoms in total. The van der Waals surface area contributed by atoms with Gasteiger partial charge in [-0.3, -0.25) is 4.79 Å². The molecule has 0 fully saturated rings. The fourth-order valence-electron chi connectivity index (χ4n) is 1.89. The quantitative estimate of drug-likeness (QED) is 0.811. The number of carbonyl (C=O) groups excluding carboxylic acids is 1. The predicted octanol–water partition coefficient (Wildman–Crippen LogP) is 2.02. The van der Waals surface area contributed by atoms with Crippen LogP contribution < -0.4 is 10.0 Å². The van der Waals surface area contributed by atoms with Crippen LogP contribution in [0.25, 0.3) is 0 Å². The monoisotopic (exact) mass is 338 g/mol. The number of benzene rings is 1. The maximum atomic E-state index is 12.2. The molecule has 0 radical (unpaired) electrons. The summed E-state index contributed by atoms with van der Waals surface area (Å²) in [6, 6.07) is 9.82. The van der Waals surface area contributed by atoms with Crippen molar-refractivity contribution in [2.24, 2.45) is 0 Å². The number of thiophene rings is 1. The van der Waals surface area contributed by atoms with E-state index in [2.05, 4.69) is 10.0 Å². The highest BCUT2D eigenvalue weighted by Crippen LogP contribution is 2.12. The van der Waals surface area contributed by atoms with Gasteiger partial charge in [-0.2, -0.15) is 0 Å². The van der Waals surface area contributed by atoms with Crippen molar-refractivity contribution >= 4 is 27.3 Å². The van der Waals surface area contributed by atoms with Crippen molar-refractivity contribution in [3.63, 3.8) is 0 Å². The maximum absolute atomic E-state index is 12.2. The molecule has 0 aliphatic rings. The number of carbonyl (C=O) groups is 1. The number of sulfonamides is 1. The molecule has 2 N–H and O–H groups in total. The lowest BCUT2D eigenvalue weighted by molar-refractivity contribution is 0.0955. The smallest absolute Gasteiger partial charge is 0.251 e. The highest BCUT2D eigenvalue weighted by Gasteiger charge is 2.14. The fraction of sp³-hybridized carbons (Fsp3) is 0.267. The Morgan fingerprint density at radius 1 is 1.18 bits per heavy atom. The molecule has 7 heteroatoms. The number of nitrogens with one attached hydrogen (secondary N) is 2. The topological polar surface area (TPSA) is 75.3 Å². The Morgan fingerprint density at radius 2 is 1.91 bits per heavy atom. The van der Waals surface area contributed by atoms with Gasteiger partial charge in [0.05, 0.1) is 4.90 Å². The van der Waals surface area contributed by atoms with Crippen molar-refractivity contribution in [2.45, 2.75) is 18.2 Å². The van der Waals surface area contributed by atoms with E-state index in [-0.39, 0.29) is 10.8 Å². The van der Waals surface area contributed by atoms with E-state index in [1.807, 2.05) is 24.4 Å². The molecule has 2 rings (SSSR count). The molecule has 0 saturated carbocycles. The third kappa shape index (κ3) is 4.40. The molecule has 22 heavy (non-hydrogen) atoms. The molecular weight excluding hydrogens is 320 g/mol. The fourth-order valence-corrected chi connectivity index (χ4v) is 3.64. The van der Waals surface area contributed by atoms with E-state index in [0.29, 0.717) is 25.1 Å². The molecule has 0 unspecified atom stereocenters. The number of rotatable bonds is 7. The lowest BCUT2D eigenvalue weighted by Gasteiger charge is -2.07. The first-order valence-corrected chi connectivity index (χ1v) is 9.29. The van der Waals surface area contributed by atoms with Crippen molar-refractivity contribution < 1.29 is 13.2 Å². The second-order valence-corrected chi connectivity index (χ2v) is 7.41. The van der Waals surface area contributed by atoms with Crippen LogP contribution in [0.5, 0.6) is 0 Å². The van der Waals surface area contributed by atoms with E-state index in [0.717, 1.165) is 4.88 Å².